The van der Waals surface area contributed by atoms with E-state index in [0.29, 0.717) is 0 Å². The first kappa shape index (κ1) is 26.0. The maximum absolute atomic E-state index is 10.0. The fraction of sp³-hybridized carbons (Fsp3) is 0.0625. The number of hydrogen-bond donors (Lipinski definition) is 1. The van der Waals surface area contributed by atoms with Crippen molar-refractivity contribution in [1.82, 2.24) is 4.98 Å². The summed E-state index contributed by atoms with van der Waals surface area (Å²) in [6.07, 6.45) is 1.17. The van der Waals surface area contributed by atoms with E-state index in [-0.39, 0.29) is 31.6 Å². The summed E-state index contributed by atoms with van der Waals surface area (Å²) in [4.78, 5) is 14.9. The number of fused-ring (bicyclic) bond motifs is 6. The number of aromatic nitrogens is 1. The summed E-state index contributed by atoms with van der Waals surface area (Å²) in [5.74, 6) is 1.58. The zero-order valence-electron chi connectivity index (χ0n) is 20.4. The van der Waals surface area contributed by atoms with E-state index in [4.69, 9.17) is 14.8 Å². The summed E-state index contributed by atoms with van der Waals surface area (Å²) in [5.41, 5.74) is 7.17. The Morgan fingerprint density at radius 3 is 2.16 bits per heavy atom. The molecule has 1 radical (unpaired) electrons. The molecular weight excluding hydrogens is 639 g/mol. The van der Waals surface area contributed by atoms with Crippen molar-refractivity contribution in [1.29, 1.82) is 0 Å². The average Bonchev–Trinajstić information content (AvgIpc) is 3.03. The van der Waals surface area contributed by atoms with Crippen molar-refractivity contribution in [2.45, 2.75) is 13.8 Å². The van der Waals surface area contributed by atoms with Crippen LogP contribution < -0.4 is 4.74 Å². The van der Waals surface area contributed by atoms with Crippen LogP contribution >= 0.6 is 0 Å². The third-order valence-electron chi connectivity index (χ3n) is 5.82. The monoisotopic (exact) mass is 663 g/mol. The quantitative estimate of drug-likeness (QED) is 0.116. The number of nitrogens with zero attached hydrogens (tertiary/aromatic N) is 1. The van der Waals surface area contributed by atoms with E-state index in [0.717, 1.165) is 50.3 Å². The van der Waals surface area contributed by atoms with Crippen LogP contribution in [-0.4, -0.2) is 15.9 Å². The van der Waals surface area contributed by atoms with Crippen molar-refractivity contribution in [3.05, 3.63) is 115 Å². The Kier molecular flexibility index (Phi) is 7.98. The molecule has 4 aromatic carbocycles. The molecule has 2 heterocycles. The van der Waals surface area contributed by atoms with E-state index >= 15 is 0 Å². The molecule has 1 aliphatic heterocycles. The molecule has 0 atom stereocenters. The van der Waals surface area contributed by atoms with Gasteiger partial charge in [-0.05, 0) is 48.2 Å². The maximum Gasteiger partial charge on any atom is 0.155 e. The minimum absolute atomic E-state index is 0. The van der Waals surface area contributed by atoms with Gasteiger partial charge in [0.15, 0.2) is 5.78 Å². The first-order valence-electron chi connectivity index (χ1n) is 11.7. The van der Waals surface area contributed by atoms with Gasteiger partial charge in [-0.15, -0.1) is 18.2 Å². The van der Waals surface area contributed by atoms with Crippen LogP contribution in [0.4, 0.5) is 0 Å². The van der Waals surface area contributed by atoms with E-state index in [1.54, 1.807) is 0 Å². The topological polar surface area (TPSA) is 59.4 Å². The Labute approximate surface area is 229 Å². The fourth-order valence-electron chi connectivity index (χ4n) is 4.33. The molecule has 4 nitrogen and oxygen atoms in total. The maximum atomic E-state index is 10.0. The molecule has 1 aliphatic rings. The van der Waals surface area contributed by atoms with Crippen LogP contribution in [0.5, 0.6) is 11.5 Å². The number of rotatable bonds is 2. The summed E-state index contributed by atoms with van der Waals surface area (Å²) in [6, 6.07) is 36.3. The molecule has 0 unspecified atom stereocenters. The minimum atomic E-state index is -0.125. The van der Waals surface area contributed by atoms with Crippen LogP contribution in [0.1, 0.15) is 13.8 Å². The Morgan fingerprint density at radius 2 is 1.46 bits per heavy atom. The third kappa shape index (κ3) is 5.54. The third-order valence-corrected chi connectivity index (χ3v) is 5.82. The molecule has 0 saturated carbocycles. The largest absolute Gasteiger partial charge is 0.512 e. The first-order chi connectivity index (χ1) is 17.5. The number of ether oxygens (including phenoxy) is 1. The molecule has 0 saturated heterocycles. The van der Waals surface area contributed by atoms with Gasteiger partial charge in [-0.3, -0.25) is 9.78 Å². The van der Waals surface area contributed by atoms with Gasteiger partial charge in [0.1, 0.15) is 5.75 Å². The van der Waals surface area contributed by atoms with E-state index < -0.39 is 0 Å². The summed E-state index contributed by atoms with van der Waals surface area (Å²) < 4.78 is 6.51. The minimum Gasteiger partial charge on any atom is -0.512 e. The van der Waals surface area contributed by atoms with Crippen molar-refractivity contribution < 1.29 is 34.7 Å². The predicted octanol–water partition coefficient (Wildman–Crippen LogP) is 8.18. The standard InChI is InChI=1S/C27H16NO.C5H8O2.Ir/c1-5-14-24-18(8-1)16-17-25(28-24)23-13-7-12-22-20-10-3-2-9-19(20)21-11-4-6-15-26(21)29-27(22)23;1-4(6)3-5(2)7;/h1-12,14-17H;3,6H,1-2H3;/q-1;;/b;4-3-;. The van der Waals surface area contributed by atoms with Gasteiger partial charge in [-0.25, -0.2) is 0 Å². The van der Waals surface area contributed by atoms with Crippen LogP contribution in [0.3, 0.4) is 0 Å². The number of benzene rings is 4. The molecule has 37 heavy (non-hydrogen) atoms. The molecule has 6 rings (SSSR count). The molecule has 0 fully saturated rings. The number of para-hydroxylation sites is 2. The van der Waals surface area contributed by atoms with Gasteiger partial charge in [0.25, 0.3) is 0 Å². The average molecular weight is 663 g/mol. The van der Waals surface area contributed by atoms with Crippen LogP contribution in [0.25, 0.3) is 44.4 Å². The van der Waals surface area contributed by atoms with E-state index in [1.807, 2.05) is 48.5 Å². The molecule has 0 aliphatic carbocycles. The van der Waals surface area contributed by atoms with Crippen molar-refractivity contribution in [3.63, 3.8) is 0 Å². The normalized spacial score (nSPS) is 11.4. The van der Waals surface area contributed by atoms with E-state index in [9.17, 15) is 4.79 Å². The first-order valence-corrected chi connectivity index (χ1v) is 11.7. The number of ketones is 1. The number of allylic oxidation sites excluding steroid dienone is 2. The zero-order valence-corrected chi connectivity index (χ0v) is 22.8. The molecule has 5 heteroatoms. The van der Waals surface area contributed by atoms with Crippen molar-refractivity contribution in [2.75, 3.05) is 0 Å². The van der Waals surface area contributed by atoms with Gasteiger partial charge < -0.3 is 9.84 Å². The van der Waals surface area contributed by atoms with Crippen molar-refractivity contribution >= 4 is 16.7 Å². The summed E-state index contributed by atoms with van der Waals surface area (Å²) in [5, 5.41) is 9.48. The molecule has 0 spiro atoms. The Bertz CT molecular complexity index is 1620. The van der Waals surface area contributed by atoms with Crippen LogP contribution in [0.15, 0.2) is 109 Å². The summed E-state index contributed by atoms with van der Waals surface area (Å²) >= 11 is 0. The summed E-state index contributed by atoms with van der Waals surface area (Å²) in [7, 11) is 0. The van der Waals surface area contributed by atoms with Crippen LogP contribution in [0.2, 0.25) is 0 Å². The Balaban J connectivity index is 0.000000356. The van der Waals surface area contributed by atoms with E-state index in [2.05, 4.69) is 54.6 Å². The molecule has 1 aromatic heterocycles. The molecular formula is C32H24IrNO3-. The predicted molar refractivity (Wildman–Crippen MR) is 144 cm³/mol. The number of aliphatic hydroxyl groups is 1. The van der Waals surface area contributed by atoms with Crippen LogP contribution in [-0.2, 0) is 24.9 Å². The fourth-order valence-corrected chi connectivity index (χ4v) is 4.33. The summed E-state index contributed by atoms with van der Waals surface area (Å²) in [6.45, 7) is 2.85. The molecule has 5 aromatic rings. The van der Waals surface area contributed by atoms with Crippen molar-refractivity contribution in [3.8, 4) is 45.0 Å². The smallest absolute Gasteiger partial charge is 0.155 e. The Hall–Kier alpha value is -4.05. The SMILES string of the molecule is CC(=O)/C=C(/C)O.[Ir].[c-]1ccc2c(c1-c1ccc3ccccc3n1)Oc1ccccc1-c1ccccc1-2. The number of hydrogen-bond acceptors (Lipinski definition) is 4. The molecule has 1 N–H and O–H groups in total. The second-order valence-electron chi connectivity index (χ2n) is 8.52. The van der Waals surface area contributed by atoms with Crippen LogP contribution in [0, 0.1) is 6.07 Å². The van der Waals surface area contributed by atoms with Gasteiger partial charge in [-0.1, -0.05) is 83.9 Å². The number of aliphatic hydroxyl groups excluding tert-OH is 1. The van der Waals surface area contributed by atoms with E-state index in [1.165, 1.54) is 25.5 Å². The number of pyridine rings is 1. The van der Waals surface area contributed by atoms with Gasteiger partial charge in [0, 0.05) is 31.7 Å². The second-order valence-corrected chi connectivity index (χ2v) is 8.52. The second kappa shape index (κ2) is 11.3. The number of carbonyl (C=O) groups is 1. The molecule has 0 bridgehead atoms. The van der Waals surface area contributed by atoms with Crippen molar-refractivity contribution in [2.24, 2.45) is 0 Å². The Morgan fingerprint density at radius 1 is 0.811 bits per heavy atom. The molecule has 0 amide bonds. The zero-order chi connectivity index (χ0) is 25.1. The van der Waals surface area contributed by atoms with Gasteiger partial charge in [0.05, 0.1) is 17.0 Å². The molecule has 185 valence electrons. The number of carbonyl (C=O) groups excluding carboxylic acids is 1. The van der Waals surface area contributed by atoms with Gasteiger partial charge in [-0.2, -0.15) is 0 Å². The van der Waals surface area contributed by atoms with Gasteiger partial charge >= 0.3 is 0 Å². The van der Waals surface area contributed by atoms with Gasteiger partial charge in [0.2, 0.25) is 0 Å².